The first kappa shape index (κ1) is 12.4. The minimum Gasteiger partial charge on any atom is -0.481 e. The van der Waals surface area contributed by atoms with Crippen LogP contribution in [0.2, 0.25) is 0 Å². The topological polar surface area (TPSA) is 86.0 Å². The van der Waals surface area contributed by atoms with Crippen LogP contribution in [-0.2, 0) is 4.79 Å². The molecule has 1 aromatic heterocycles. The summed E-state index contributed by atoms with van der Waals surface area (Å²) in [4.78, 5) is 15.3. The highest BCUT2D eigenvalue weighted by Gasteiger charge is 2.45. The van der Waals surface area contributed by atoms with E-state index >= 15 is 0 Å². The number of hydrogen-bond donors (Lipinski definition) is 2. The highest BCUT2D eigenvalue weighted by molar-refractivity contribution is 5.76. The van der Waals surface area contributed by atoms with Crippen LogP contribution < -0.4 is 5.32 Å². The van der Waals surface area contributed by atoms with E-state index in [2.05, 4.69) is 10.3 Å². The quantitative estimate of drug-likeness (QED) is 0.850. The number of aliphatic carboxylic acids is 1. The van der Waals surface area contributed by atoms with Gasteiger partial charge < -0.3 is 10.4 Å². The Labute approximate surface area is 105 Å². The van der Waals surface area contributed by atoms with Gasteiger partial charge in [0.2, 0.25) is 0 Å². The molecule has 2 atom stereocenters. The zero-order valence-corrected chi connectivity index (χ0v) is 10.2. The number of aromatic nitrogens is 1. The molecule has 0 aromatic carbocycles. The summed E-state index contributed by atoms with van der Waals surface area (Å²) in [6.07, 6.45) is 4.00. The second-order valence-electron chi connectivity index (χ2n) is 4.86. The van der Waals surface area contributed by atoms with Gasteiger partial charge in [-0.1, -0.05) is 6.42 Å². The van der Waals surface area contributed by atoms with Crippen molar-refractivity contribution in [3.8, 4) is 6.07 Å². The van der Waals surface area contributed by atoms with Crippen molar-refractivity contribution in [3.05, 3.63) is 24.0 Å². The summed E-state index contributed by atoms with van der Waals surface area (Å²) >= 11 is 0. The van der Waals surface area contributed by atoms with Crippen molar-refractivity contribution in [1.29, 1.82) is 5.26 Å². The molecule has 1 saturated carbocycles. The molecule has 94 valence electrons. The predicted octanol–water partition coefficient (Wildman–Crippen LogP) is 2.01. The fraction of sp³-hybridized carbons (Fsp3) is 0.462. The van der Waals surface area contributed by atoms with Crippen LogP contribution in [0.3, 0.4) is 0 Å². The third-order valence-corrected chi connectivity index (χ3v) is 3.67. The monoisotopic (exact) mass is 245 g/mol. The number of carboxylic acids is 1. The lowest BCUT2D eigenvalue weighted by atomic mass is 9.85. The Morgan fingerprint density at radius 1 is 1.67 bits per heavy atom. The van der Waals surface area contributed by atoms with E-state index in [1.807, 2.05) is 6.07 Å². The van der Waals surface area contributed by atoms with Crippen molar-refractivity contribution in [2.45, 2.75) is 32.2 Å². The Kier molecular flexibility index (Phi) is 3.19. The van der Waals surface area contributed by atoms with Crippen molar-refractivity contribution < 1.29 is 9.90 Å². The lowest BCUT2D eigenvalue weighted by Crippen LogP contribution is -2.40. The molecule has 1 aliphatic rings. The summed E-state index contributed by atoms with van der Waals surface area (Å²) in [5.41, 5.74) is 0.384. The van der Waals surface area contributed by atoms with Crippen LogP contribution in [0, 0.1) is 16.7 Å². The van der Waals surface area contributed by atoms with Gasteiger partial charge in [-0.25, -0.2) is 4.98 Å². The molecule has 5 nitrogen and oxygen atoms in total. The first-order chi connectivity index (χ1) is 8.56. The maximum Gasteiger partial charge on any atom is 0.311 e. The number of nitriles is 1. The second kappa shape index (κ2) is 4.65. The Hall–Kier alpha value is -2.09. The van der Waals surface area contributed by atoms with E-state index in [9.17, 15) is 9.90 Å². The zero-order valence-electron chi connectivity index (χ0n) is 10.2. The van der Waals surface area contributed by atoms with Gasteiger partial charge in [-0.3, -0.25) is 4.79 Å². The maximum atomic E-state index is 11.3. The van der Waals surface area contributed by atoms with Crippen molar-refractivity contribution in [2.24, 2.45) is 5.41 Å². The van der Waals surface area contributed by atoms with Gasteiger partial charge in [0.25, 0.3) is 0 Å². The minimum absolute atomic E-state index is 0.0928. The highest BCUT2D eigenvalue weighted by Crippen LogP contribution is 2.39. The average molecular weight is 245 g/mol. The van der Waals surface area contributed by atoms with Crippen molar-refractivity contribution in [1.82, 2.24) is 4.98 Å². The molecule has 0 amide bonds. The number of nitrogens with zero attached hydrogens (tertiary/aromatic N) is 2. The third kappa shape index (κ3) is 2.14. The molecule has 1 heterocycles. The summed E-state index contributed by atoms with van der Waals surface area (Å²) in [6.45, 7) is 1.77. The molecular formula is C13H15N3O2. The van der Waals surface area contributed by atoms with Crippen molar-refractivity contribution in [3.63, 3.8) is 0 Å². The number of anilines is 1. The van der Waals surface area contributed by atoms with Gasteiger partial charge in [-0.2, -0.15) is 5.26 Å². The molecule has 0 aliphatic heterocycles. The van der Waals surface area contributed by atoms with Crippen molar-refractivity contribution >= 4 is 11.7 Å². The Morgan fingerprint density at radius 2 is 2.44 bits per heavy atom. The normalized spacial score (nSPS) is 26.6. The number of nitrogens with one attached hydrogen (secondary N) is 1. The fourth-order valence-electron chi connectivity index (χ4n) is 2.40. The Bertz CT molecular complexity index is 492. The van der Waals surface area contributed by atoms with E-state index in [0.29, 0.717) is 12.1 Å². The molecule has 0 radical (unpaired) electrons. The highest BCUT2D eigenvalue weighted by atomic mass is 16.4. The van der Waals surface area contributed by atoms with Gasteiger partial charge in [0, 0.05) is 6.04 Å². The molecule has 1 aliphatic carbocycles. The average Bonchev–Trinajstić information content (AvgIpc) is 2.73. The van der Waals surface area contributed by atoms with Gasteiger partial charge >= 0.3 is 5.97 Å². The van der Waals surface area contributed by atoms with Gasteiger partial charge in [-0.15, -0.1) is 0 Å². The van der Waals surface area contributed by atoms with Crippen LogP contribution in [0.1, 0.15) is 31.9 Å². The van der Waals surface area contributed by atoms with E-state index < -0.39 is 11.4 Å². The van der Waals surface area contributed by atoms with Crippen molar-refractivity contribution in [2.75, 3.05) is 5.32 Å². The second-order valence-corrected chi connectivity index (χ2v) is 4.86. The van der Waals surface area contributed by atoms with Gasteiger partial charge in [-0.05, 0) is 31.9 Å². The molecule has 1 aromatic rings. The number of rotatable bonds is 3. The molecule has 1 fully saturated rings. The van der Waals surface area contributed by atoms with Gasteiger partial charge in [0.05, 0.1) is 17.3 Å². The summed E-state index contributed by atoms with van der Waals surface area (Å²) in [5.74, 6) is -0.765. The molecule has 2 unspecified atom stereocenters. The predicted molar refractivity (Wildman–Crippen MR) is 66.0 cm³/mol. The lowest BCUT2D eigenvalue weighted by Gasteiger charge is -2.28. The number of pyridine rings is 1. The number of hydrogen-bond acceptors (Lipinski definition) is 4. The summed E-state index contributed by atoms with van der Waals surface area (Å²) in [5, 5.41) is 21.2. The molecule has 0 spiro atoms. The van der Waals surface area contributed by atoms with E-state index in [0.717, 1.165) is 18.5 Å². The van der Waals surface area contributed by atoms with Gasteiger partial charge in [0.15, 0.2) is 0 Å². The van der Waals surface area contributed by atoms with Crippen LogP contribution in [0.4, 0.5) is 5.69 Å². The van der Waals surface area contributed by atoms with Crippen LogP contribution in [0.5, 0.6) is 0 Å². The van der Waals surface area contributed by atoms with Crippen LogP contribution in [-0.4, -0.2) is 22.1 Å². The largest absolute Gasteiger partial charge is 0.481 e. The van der Waals surface area contributed by atoms with E-state index in [1.165, 1.54) is 0 Å². The summed E-state index contributed by atoms with van der Waals surface area (Å²) in [6, 6.07) is 5.23. The summed E-state index contributed by atoms with van der Waals surface area (Å²) < 4.78 is 0. The zero-order chi connectivity index (χ0) is 13.2. The smallest absolute Gasteiger partial charge is 0.311 e. The van der Waals surface area contributed by atoms with Crippen LogP contribution in [0.15, 0.2) is 18.3 Å². The fourth-order valence-corrected chi connectivity index (χ4v) is 2.40. The SMILES string of the molecule is CC1(C(=O)O)CCCC1Nc1ccc(C#N)nc1. The number of carbonyl (C=O) groups is 1. The molecule has 0 bridgehead atoms. The van der Waals surface area contributed by atoms with E-state index in [4.69, 9.17) is 5.26 Å². The lowest BCUT2D eigenvalue weighted by molar-refractivity contribution is -0.147. The van der Waals surface area contributed by atoms with E-state index in [-0.39, 0.29) is 6.04 Å². The first-order valence-corrected chi connectivity index (χ1v) is 5.92. The third-order valence-electron chi connectivity index (χ3n) is 3.67. The number of carboxylic acid groups (broad SMARTS) is 1. The van der Waals surface area contributed by atoms with Crippen LogP contribution in [0.25, 0.3) is 0 Å². The van der Waals surface area contributed by atoms with Crippen LogP contribution >= 0.6 is 0 Å². The molecule has 0 saturated heterocycles. The minimum atomic E-state index is -0.765. The Balaban J connectivity index is 2.13. The standard InChI is InChI=1S/C13H15N3O2/c1-13(12(17)18)6-2-3-11(13)16-10-5-4-9(7-14)15-8-10/h4-5,8,11,16H,2-3,6H2,1H3,(H,17,18). The molecule has 2 N–H and O–H groups in total. The Morgan fingerprint density at radius 3 is 3.00 bits per heavy atom. The van der Waals surface area contributed by atoms with Gasteiger partial charge in [0.1, 0.15) is 11.8 Å². The molecular weight excluding hydrogens is 230 g/mol. The molecule has 18 heavy (non-hydrogen) atoms. The van der Waals surface area contributed by atoms with E-state index in [1.54, 1.807) is 25.3 Å². The first-order valence-electron chi connectivity index (χ1n) is 5.92. The summed E-state index contributed by atoms with van der Waals surface area (Å²) in [7, 11) is 0. The molecule has 5 heteroatoms. The maximum absolute atomic E-state index is 11.3. The molecule has 2 rings (SSSR count).